The van der Waals surface area contributed by atoms with Crippen LogP contribution < -0.4 is 11.1 Å². The van der Waals surface area contributed by atoms with Gasteiger partial charge in [0.2, 0.25) is 5.91 Å². The molecule has 3 N–H and O–H groups in total. The average Bonchev–Trinajstić information content (AvgIpc) is 2.67. The van der Waals surface area contributed by atoms with Gasteiger partial charge in [-0.25, -0.2) is 4.39 Å². The zero-order valence-electron chi connectivity index (χ0n) is 13.9. The monoisotopic (exact) mass is 348 g/mol. The molecule has 0 aliphatic heterocycles. The average molecular weight is 348 g/mol. The van der Waals surface area contributed by atoms with Crippen LogP contribution in [0.3, 0.4) is 0 Å². The van der Waals surface area contributed by atoms with Gasteiger partial charge in [0.05, 0.1) is 5.56 Å². The summed E-state index contributed by atoms with van der Waals surface area (Å²) in [6.45, 7) is 0.220. The molecule has 130 valence electrons. The molecule has 5 heteroatoms. The van der Waals surface area contributed by atoms with Gasteiger partial charge in [0.1, 0.15) is 5.82 Å². The number of nitrogens with one attached hydrogen (secondary N) is 1. The number of carbonyl (C=O) groups excluding carboxylic acids is 2. The van der Waals surface area contributed by atoms with Crippen molar-refractivity contribution in [2.24, 2.45) is 5.73 Å². The molecule has 0 saturated carbocycles. The quantitative estimate of drug-likeness (QED) is 0.740. The highest BCUT2D eigenvalue weighted by atomic mass is 19.1. The lowest BCUT2D eigenvalue weighted by Gasteiger charge is -2.08. The highest BCUT2D eigenvalue weighted by Crippen LogP contribution is 2.21. The number of primary amides is 1. The van der Waals surface area contributed by atoms with Crippen LogP contribution in [0.4, 0.5) is 4.39 Å². The summed E-state index contributed by atoms with van der Waals surface area (Å²) in [6, 6.07) is 20.5. The second-order valence-corrected chi connectivity index (χ2v) is 5.80. The third-order valence-corrected chi connectivity index (χ3v) is 4.01. The molecule has 0 atom stereocenters. The largest absolute Gasteiger partial charge is 0.366 e. The summed E-state index contributed by atoms with van der Waals surface area (Å²) >= 11 is 0. The third kappa shape index (κ3) is 3.95. The second-order valence-electron chi connectivity index (χ2n) is 5.80. The molecule has 0 heterocycles. The first-order chi connectivity index (χ1) is 12.5. The predicted octanol–water partition coefficient (Wildman–Crippen LogP) is 3.52. The minimum absolute atomic E-state index is 0.0153. The van der Waals surface area contributed by atoms with Crippen molar-refractivity contribution in [2.45, 2.75) is 6.54 Å². The van der Waals surface area contributed by atoms with Crippen LogP contribution >= 0.6 is 0 Å². The zero-order valence-corrected chi connectivity index (χ0v) is 13.9. The Morgan fingerprint density at radius 1 is 0.885 bits per heavy atom. The lowest BCUT2D eigenvalue weighted by molar-refractivity contribution is 0.0945. The van der Waals surface area contributed by atoms with Gasteiger partial charge in [-0.3, -0.25) is 9.59 Å². The van der Waals surface area contributed by atoms with Crippen molar-refractivity contribution < 1.29 is 14.0 Å². The highest BCUT2D eigenvalue weighted by Gasteiger charge is 2.12. The molecule has 4 nitrogen and oxygen atoms in total. The van der Waals surface area contributed by atoms with E-state index in [0.29, 0.717) is 11.1 Å². The van der Waals surface area contributed by atoms with E-state index in [0.717, 1.165) is 11.1 Å². The fourth-order valence-electron chi connectivity index (χ4n) is 2.57. The third-order valence-electron chi connectivity index (χ3n) is 4.01. The highest BCUT2D eigenvalue weighted by molar-refractivity contribution is 5.95. The fourth-order valence-corrected chi connectivity index (χ4v) is 2.57. The molecular formula is C21H17FN2O2. The Kier molecular flexibility index (Phi) is 5.08. The first-order valence-electron chi connectivity index (χ1n) is 8.06. The summed E-state index contributed by atoms with van der Waals surface area (Å²) in [4.78, 5) is 23.3. The topological polar surface area (TPSA) is 72.2 Å². The standard InChI is InChI=1S/C21H17FN2O2/c22-19-12-17(15-4-2-1-3-5-15)10-11-18(19)21(26)24-13-14-6-8-16(9-7-14)20(23)25/h1-12H,13H2,(H2,23,25)(H,24,26). The van der Waals surface area contributed by atoms with Crippen molar-refractivity contribution in [1.82, 2.24) is 5.32 Å². The first kappa shape index (κ1) is 17.4. The maximum absolute atomic E-state index is 14.3. The Morgan fingerprint density at radius 2 is 1.58 bits per heavy atom. The summed E-state index contributed by atoms with van der Waals surface area (Å²) in [5.41, 5.74) is 7.93. The number of amides is 2. The number of carbonyl (C=O) groups is 2. The van der Waals surface area contributed by atoms with E-state index in [1.165, 1.54) is 12.1 Å². The molecule has 0 saturated heterocycles. The number of benzene rings is 3. The van der Waals surface area contributed by atoms with Crippen LogP contribution in [0.2, 0.25) is 0 Å². The molecule has 3 aromatic rings. The van der Waals surface area contributed by atoms with Crippen molar-refractivity contribution >= 4 is 11.8 Å². The van der Waals surface area contributed by atoms with Crippen LogP contribution in [0.15, 0.2) is 72.8 Å². The lowest BCUT2D eigenvalue weighted by atomic mass is 10.0. The Bertz CT molecular complexity index is 938. The minimum Gasteiger partial charge on any atom is -0.366 e. The molecule has 0 aliphatic rings. The molecule has 3 aromatic carbocycles. The van der Waals surface area contributed by atoms with Gasteiger partial charge in [0.15, 0.2) is 0 Å². The first-order valence-corrected chi connectivity index (χ1v) is 8.06. The molecular weight excluding hydrogens is 331 g/mol. The zero-order chi connectivity index (χ0) is 18.5. The van der Waals surface area contributed by atoms with E-state index in [2.05, 4.69) is 5.32 Å². The molecule has 0 aromatic heterocycles. The normalized spacial score (nSPS) is 10.3. The Hall–Kier alpha value is -3.47. The molecule has 3 rings (SSSR count). The Morgan fingerprint density at radius 3 is 2.19 bits per heavy atom. The Labute approximate surface area is 150 Å². The summed E-state index contributed by atoms with van der Waals surface area (Å²) in [6.07, 6.45) is 0. The molecule has 0 unspecified atom stereocenters. The van der Waals surface area contributed by atoms with Crippen LogP contribution in [0.25, 0.3) is 11.1 Å². The number of hydrogen-bond donors (Lipinski definition) is 2. The predicted molar refractivity (Wildman–Crippen MR) is 98.0 cm³/mol. The van der Waals surface area contributed by atoms with Gasteiger partial charge in [0, 0.05) is 12.1 Å². The molecule has 0 aliphatic carbocycles. The number of nitrogens with two attached hydrogens (primary N) is 1. The van der Waals surface area contributed by atoms with Gasteiger partial charge >= 0.3 is 0 Å². The smallest absolute Gasteiger partial charge is 0.254 e. The van der Waals surface area contributed by atoms with E-state index in [1.54, 1.807) is 30.3 Å². The second kappa shape index (κ2) is 7.61. The van der Waals surface area contributed by atoms with Gasteiger partial charge in [-0.1, -0.05) is 48.5 Å². The van der Waals surface area contributed by atoms with Gasteiger partial charge in [-0.15, -0.1) is 0 Å². The van der Waals surface area contributed by atoms with Gasteiger partial charge in [-0.2, -0.15) is 0 Å². The molecule has 0 fully saturated rings. The molecule has 0 bridgehead atoms. The summed E-state index contributed by atoms with van der Waals surface area (Å²) in [7, 11) is 0. The van der Waals surface area contributed by atoms with Crippen molar-refractivity contribution in [3.8, 4) is 11.1 Å². The molecule has 0 radical (unpaired) electrons. The molecule has 2 amide bonds. The Balaban J connectivity index is 1.69. The van der Waals surface area contributed by atoms with E-state index in [9.17, 15) is 14.0 Å². The SMILES string of the molecule is NC(=O)c1ccc(CNC(=O)c2ccc(-c3ccccc3)cc2F)cc1. The maximum Gasteiger partial charge on any atom is 0.254 e. The van der Waals surface area contributed by atoms with Crippen LogP contribution in [0.1, 0.15) is 26.3 Å². The van der Waals surface area contributed by atoms with E-state index in [-0.39, 0.29) is 12.1 Å². The minimum atomic E-state index is -0.576. The molecule has 0 spiro atoms. The van der Waals surface area contributed by atoms with Crippen LogP contribution in [-0.4, -0.2) is 11.8 Å². The van der Waals surface area contributed by atoms with E-state index in [1.807, 2.05) is 30.3 Å². The van der Waals surface area contributed by atoms with Crippen LogP contribution in [0, 0.1) is 5.82 Å². The van der Waals surface area contributed by atoms with E-state index >= 15 is 0 Å². The van der Waals surface area contributed by atoms with Crippen LogP contribution in [-0.2, 0) is 6.54 Å². The summed E-state index contributed by atoms with van der Waals surface area (Å²) in [5.74, 6) is -1.59. The lowest BCUT2D eigenvalue weighted by Crippen LogP contribution is -2.24. The maximum atomic E-state index is 14.3. The van der Waals surface area contributed by atoms with Crippen molar-refractivity contribution in [3.05, 3.63) is 95.3 Å². The fraction of sp³-hybridized carbons (Fsp3) is 0.0476. The van der Waals surface area contributed by atoms with Crippen molar-refractivity contribution in [1.29, 1.82) is 0 Å². The number of rotatable bonds is 5. The van der Waals surface area contributed by atoms with Crippen molar-refractivity contribution in [2.75, 3.05) is 0 Å². The number of hydrogen-bond acceptors (Lipinski definition) is 2. The van der Waals surface area contributed by atoms with E-state index < -0.39 is 17.6 Å². The van der Waals surface area contributed by atoms with Crippen LogP contribution in [0.5, 0.6) is 0 Å². The molecule has 26 heavy (non-hydrogen) atoms. The van der Waals surface area contributed by atoms with Gasteiger partial charge < -0.3 is 11.1 Å². The van der Waals surface area contributed by atoms with Gasteiger partial charge in [0.25, 0.3) is 5.91 Å². The summed E-state index contributed by atoms with van der Waals surface area (Å²) < 4.78 is 14.3. The van der Waals surface area contributed by atoms with E-state index in [4.69, 9.17) is 5.73 Å². The van der Waals surface area contributed by atoms with Gasteiger partial charge in [-0.05, 0) is 41.0 Å². The number of halogens is 1. The summed E-state index contributed by atoms with van der Waals surface area (Å²) in [5, 5.41) is 2.67. The van der Waals surface area contributed by atoms with Crippen molar-refractivity contribution in [3.63, 3.8) is 0 Å².